The predicted octanol–water partition coefficient (Wildman–Crippen LogP) is 1.36. The number of aliphatic imine (C=N–C) groups is 1. The van der Waals surface area contributed by atoms with E-state index in [9.17, 15) is 0 Å². The fourth-order valence-electron chi connectivity index (χ4n) is 3.55. The summed E-state index contributed by atoms with van der Waals surface area (Å²) in [5, 5.41) is 10.1. The molecular weight excluding hydrogens is 304 g/mol. The van der Waals surface area contributed by atoms with Crippen LogP contribution in [0.1, 0.15) is 37.7 Å². The van der Waals surface area contributed by atoms with Crippen LogP contribution in [0, 0.1) is 5.92 Å². The number of aliphatic hydroxyl groups is 1. The maximum atomic E-state index is 8.58. The maximum absolute atomic E-state index is 8.58. The highest BCUT2D eigenvalue weighted by atomic mass is 16.3. The summed E-state index contributed by atoms with van der Waals surface area (Å²) in [5.74, 6) is 7.28. The van der Waals surface area contributed by atoms with Gasteiger partial charge in [-0.25, -0.2) is 10.8 Å². The fourth-order valence-corrected chi connectivity index (χ4v) is 3.55. The van der Waals surface area contributed by atoms with Crippen molar-refractivity contribution in [3.05, 3.63) is 23.5 Å². The van der Waals surface area contributed by atoms with Crippen LogP contribution in [0.2, 0.25) is 0 Å². The van der Waals surface area contributed by atoms with Crippen LogP contribution in [0.4, 0.5) is 5.82 Å². The molecule has 0 bridgehead atoms. The molecule has 3 heterocycles. The van der Waals surface area contributed by atoms with E-state index in [0.717, 1.165) is 35.9 Å². The van der Waals surface area contributed by atoms with Crippen LogP contribution in [0.3, 0.4) is 0 Å². The Morgan fingerprint density at radius 2 is 2.00 bits per heavy atom. The van der Waals surface area contributed by atoms with Gasteiger partial charge in [0.2, 0.25) is 0 Å². The minimum atomic E-state index is -0.0324. The largest absolute Gasteiger partial charge is 0.400 e. The molecule has 0 aromatic carbocycles. The number of nitrogens with one attached hydrogen (secondary N) is 1. The number of fused-ring (bicyclic) bond motifs is 1. The van der Waals surface area contributed by atoms with Gasteiger partial charge in [-0.05, 0) is 26.0 Å². The Morgan fingerprint density at radius 1 is 1.29 bits per heavy atom. The molecular formula is C17H28N6O. The van der Waals surface area contributed by atoms with E-state index in [4.69, 9.17) is 16.7 Å². The summed E-state index contributed by atoms with van der Waals surface area (Å²) in [6.07, 6.45) is 9.63. The van der Waals surface area contributed by atoms with Crippen LogP contribution in [0.25, 0.3) is 5.70 Å². The first-order chi connectivity index (χ1) is 11.6. The zero-order valence-electron chi connectivity index (χ0n) is 14.3. The Labute approximate surface area is 143 Å². The second-order valence-corrected chi connectivity index (χ2v) is 6.91. The summed E-state index contributed by atoms with van der Waals surface area (Å²) < 4.78 is 0. The molecule has 1 saturated heterocycles. The average molecular weight is 332 g/mol. The van der Waals surface area contributed by atoms with Crippen LogP contribution in [-0.2, 0) is 0 Å². The van der Waals surface area contributed by atoms with Crippen molar-refractivity contribution in [3.63, 3.8) is 0 Å². The highest BCUT2D eigenvalue weighted by Crippen LogP contribution is 2.36. The van der Waals surface area contributed by atoms with Gasteiger partial charge in [-0.3, -0.25) is 5.01 Å². The Bertz CT molecular complexity index is 604. The molecule has 1 aliphatic carbocycles. The second kappa shape index (κ2) is 7.38. The topological polar surface area (TPSA) is 107 Å². The number of likely N-dealkylation sites (N-methyl/N-ethyl adjacent to an activating group) is 1. The van der Waals surface area contributed by atoms with Crippen LogP contribution >= 0.6 is 0 Å². The number of aromatic nitrogens is 1. The molecule has 132 valence electrons. The first-order valence-corrected chi connectivity index (χ1v) is 8.68. The summed E-state index contributed by atoms with van der Waals surface area (Å²) in [6, 6.07) is 1.98. The van der Waals surface area contributed by atoms with E-state index in [-0.39, 0.29) is 6.10 Å². The summed E-state index contributed by atoms with van der Waals surface area (Å²) in [4.78, 5) is 9.41. The third kappa shape index (κ3) is 3.63. The van der Waals surface area contributed by atoms with Crippen molar-refractivity contribution in [2.45, 2.75) is 38.2 Å². The molecule has 24 heavy (non-hydrogen) atoms. The third-order valence-corrected chi connectivity index (χ3v) is 4.91. The van der Waals surface area contributed by atoms with Gasteiger partial charge in [0.25, 0.3) is 0 Å². The van der Waals surface area contributed by atoms with Gasteiger partial charge in [0.05, 0.1) is 11.8 Å². The van der Waals surface area contributed by atoms with Gasteiger partial charge in [0.15, 0.2) is 0 Å². The molecule has 0 atom stereocenters. The van der Waals surface area contributed by atoms with Crippen molar-refractivity contribution in [2.75, 3.05) is 20.1 Å². The monoisotopic (exact) mass is 332 g/mol. The van der Waals surface area contributed by atoms with E-state index in [2.05, 4.69) is 14.9 Å². The second-order valence-electron chi connectivity index (χ2n) is 6.91. The lowest BCUT2D eigenvalue weighted by Crippen LogP contribution is -2.47. The van der Waals surface area contributed by atoms with Crippen LogP contribution < -0.4 is 11.6 Å². The molecule has 0 radical (unpaired) electrons. The predicted molar refractivity (Wildman–Crippen MR) is 96.2 cm³/mol. The van der Waals surface area contributed by atoms with Crippen molar-refractivity contribution in [3.8, 4) is 0 Å². The van der Waals surface area contributed by atoms with Gasteiger partial charge in [0.1, 0.15) is 12.2 Å². The molecule has 0 unspecified atom stereocenters. The first kappa shape index (κ1) is 17.0. The van der Waals surface area contributed by atoms with Crippen molar-refractivity contribution >= 4 is 17.9 Å². The number of rotatable bonds is 1. The zero-order valence-corrected chi connectivity index (χ0v) is 14.3. The van der Waals surface area contributed by atoms with Crippen molar-refractivity contribution in [1.29, 1.82) is 0 Å². The zero-order chi connectivity index (χ0) is 17.1. The molecule has 7 nitrogen and oxygen atoms in total. The first-order valence-electron chi connectivity index (χ1n) is 8.68. The number of hydrazine groups is 1. The van der Waals surface area contributed by atoms with Gasteiger partial charge in [-0.1, -0.05) is 19.3 Å². The number of nitrogens with two attached hydrogens (primary N) is 2. The number of aromatic amines is 1. The molecule has 1 aromatic heterocycles. The van der Waals surface area contributed by atoms with Crippen LogP contribution in [0.15, 0.2) is 23.0 Å². The molecule has 0 amide bonds. The number of hydrogen-bond acceptors (Lipinski definition) is 6. The minimum Gasteiger partial charge on any atom is -0.400 e. The molecule has 6 N–H and O–H groups in total. The lowest BCUT2D eigenvalue weighted by molar-refractivity contribution is 0.0196. The van der Waals surface area contributed by atoms with Gasteiger partial charge in [-0.2, -0.15) is 0 Å². The quantitative estimate of drug-likeness (QED) is 0.581. The van der Waals surface area contributed by atoms with Gasteiger partial charge in [0, 0.05) is 36.5 Å². The molecule has 0 spiro atoms. The van der Waals surface area contributed by atoms with Gasteiger partial charge < -0.3 is 20.7 Å². The lowest BCUT2D eigenvalue weighted by atomic mass is 9.85. The SMILES string of the molecule is CN1CC(O)C1.N/C(=C1/c2cc[nH]c2N=CN1N)C1CCCCC1. The van der Waals surface area contributed by atoms with E-state index in [0.29, 0.717) is 5.92 Å². The molecule has 1 aromatic rings. The van der Waals surface area contributed by atoms with E-state index < -0.39 is 0 Å². The normalized spacial score (nSPS) is 24.0. The standard InChI is InChI=1S/C13H19N5.C4H9NO/c14-11(9-4-2-1-3-5-9)12-10-6-7-16-13(10)17-8-18(12)15;1-5-2-4(6)3-5/h6-9,16H,1-5,14-15H2;4,6H,2-3H2,1H3/b12-11-;. The van der Waals surface area contributed by atoms with Crippen LogP contribution in [0.5, 0.6) is 0 Å². The summed E-state index contributed by atoms with van der Waals surface area (Å²) >= 11 is 0. The number of H-pyrrole nitrogens is 1. The lowest BCUT2D eigenvalue weighted by Gasteiger charge is -2.31. The summed E-state index contributed by atoms with van der Waals surface area (Å²) in [6.45, 7) is 1.72. The fraction of sp³-hybridized carbons (Fsp3) is 0.588. The van der Waals surface area contributed by atoms with E-state index in [1.54, 1.807) is 11.3 Å². The smallest absolute Gasteiger partial charge is 0.141 e. The number of nitrogens with zero attached hydrogens (tertiary/aromatic N) is 3. The Morgan fingerprint density at radius 3 is 2.58 bits per heavy atom. The summed E-state index contributed by atoms with van der Waals surface area (Å²) in [7, 11) is 1.99. The van der Waals surface area contributed by atoms with Gasteiger partial charge in [-0.15, -0.1) is 0 Å². The highest BCUT2D eigenvalue weighted by Gasteiger charge is 2.25. The van der Waals surface area contributed by atoms with E-state index in [1.807, 2.05) is 19.3 Å². The third-order valence-electron chi connectivity index (χ3n) is 4.91. The van der Waals surface area contributed by atoms with Crippen molar-refractivity contribution < 1.29 is 5.11 Å². The number of aliphatic hydroxyl groups excluding tert-OH is 1. The number of hydrogen-bond donors (Lipinski definition) is 4. The number of likely N-dealkylation sites (tertiary alicyclic amines) is 1. The average Bonchev–Trinajstić information content (AvgIpc) is 3.03. The summed E-state index contributed by atoms with van der Waals surface area (Å²) in [5.41, 5.74) is 9.19. The molecule has 3 aliphatic rings. The maximum Gasteiger partial charge on any atom is 0.141 e. The van der Waals surface area contributed by atoms with E-state index in [1.165, 1.54) is 32.1 Å². The molecule has 2 fully saturated rings. The highest BCUT2D eigenvalue weighted by molar-refractivity contribution is 5.86. The Balaban J connectivity index is 0.000000238. The van der Waals surface area contributed by atoms with Crippen molar-refractivity contribution in [2.24, 2.45) is 22.5 Å². The van der Waals surface area contributed by atoms with Crippen LogP contribution in [-0.4, -0.2) is 52.6 Å². The number of allylic oxidation sites excluding steroid dienone is 1. The minimum absolute atomic E-state index is 0.0324. The van der Waals surface area contributed by atoms with Crippen molar-refractivity contribution in [1.82, 2.24) is 14.9 Å². The Hall–Kier alpha value is -1.83. The van der Waals surface area contributed by atoms with Gasteiger partial charge >= 0.3 is 0 Å². The molecule has 7 heteroatoms. The number of β-amino-alcohol motifs (C(OH)–C–C–N with tert-alkyl or cyclic N) is 1. The molecule has 2 aliphatic heterocycles. The molecule has 1 saturated carbocycles. The molecule has 4 rings (SSSR count). The van der Waals surface area contributed by atoms with E-state index >= 15 is 0 Å². The Kier molecular flexibility index (Phi) is 5.23.